The highest BCUT2D eigenvalue weighted by Crippen LogP contribution is 2.57. The third-order valence-corrected chi connectivity index (χ3v) is 5.16. The minimum Gasteiger partial charge on any atom is -0.496 e. The Labute approximate surface area is 130 Å². The van der Waals surface area contributed by atoms with Crippen LogP contribution < -0.4 is 4.74 Å². The maximum atomic E-state index is 5.70. The molecule has 0 N–H and O–H groups in total. The molecule has 0 amide bonds. The van der Waals surface area contributed by atoms with Gasteiger partial charge in [-0.05, 0) is 33.9 Å². The summed E-state index contributed by atoms with van der Waals surface area (Å²) in [4.78, 5) is 0. The molecular formula is C21H16O. The normalized spacial score (nSPS) is 20.0. The van der Waals surface area contributed by atoms with Crippen LogP contribution in [0.1, 0.15) is 45.2 Å². The molecule has 2 bridgehead atoms. The summed E-state index contributed by atoms with van der Waals surface area (Å²) in [7, 11) is 1.77. The van der Waals surface area contributed by atoms with Crippen LogP contribution in [0.4, 0.5) is 0 Å². The highest BCUT2D eigenvalue weighted by molar-refractivity contribution is 5.70. The Morgan fingerprint density at radius 3 is 1.64 bits per heavy atom. The monoisotopic (exact) mass is 284 g/mol. The van der Waals surface area contributed by atoms with Crippen molar-refractivity contribution in [2.24, 2.45) is 0 Å². The summed E-state index contributed by atoms with van der Waals surface area (Å²) >= 11 is 0. The van der Waals surface area contributed by atoms with Crippen LogP contribution in [0.25, 0.3) is 0 Å². The van der Waals surface area contributed by atoms with Crippen molar-refractivity contribution >= 4 is 0 Å². The van der Waals surface area contributed by atoms with E-state index in [9.17, 15) is 0 Å². The zero-order valence-corrected chi connectivity index (χ0v) is 12.4. The van der Waals surface area contributed by atoms with Crippen LogP contribution in [0, 0.1) is 0 Å². The summed E-state index contributed by atoms with van der Waals surface area (Å²) in [5.74, 6) is 1.64. The smallest absolute Gasteiger partial charge is 0.123 e. The van der Waals surface area contributed by atoms with Gasteiger partial charge in [-0.1, -0.05) is 60.7 Å². The zero-order valence-electron chi connectivity index (χ0n) is 12.4. The van der Waals surface area contributed by atoms with E-state index in [0.717, 1.165) is 5.75 Å². The van der Waals surface area contributed by atoms with Gasteiger partial charge in [-0.3, -0.25) is 0 Å². The van der Waals surface area contributed by atoms with Crippen molar-refractivity contribution in [3.63, 3.8) is 0 Å². The Morgan fingerprint density at radius 1 is 0.591 bits per heavy atom. The van der Waals surface area contributed by atoms with E-state index in [4.69, 9.17) is 4.74 Å². The van der Waals surface area contributed by atoms with E-state index < -0.39 is 0 Å². The lowest BCUT2D eigenvalue weighted by Gasteiger charge is -2.42. The number of ether oxygens (including phenoxy) is 1. The molecule has 0 atom stereocenters. The molecule has 22 heavy (non-hydrogen) atoms. The Kier molecular flexibility index (Phi) is 2.32. The molecule has 0 heterocycles. The largest absolute Gasteiger partial charge is 0.496 e. The summed E-state index contributed by atoms with van der Waals surface area (Å²) in [5, 5.41) is 0. The molecule has 0 unspecified atom stereocenters. The second-order valence-electron chi connectivity index (χ2n) is 6.09. The molecule has 1 heteroatoms. The number of rotatable bonds is 1. The molecule has 6 rings (SSSR count). The van der Waals surface area contributed by atoms with Crippen LogP contribution in [-0.2, 0) is 0 Å². The lowest BCUT2D eigenvalue weighted by molar-refractivity contribution is 0.406. The average molecular weight is 284 g/mol. The molecule has 3 aliphatic carbocycles. The molecule has 0 fully saturated rings. The minimum atomic E-state index is 0.295. The van der Waals surface area contributed by atoms with Crippen molar-refractivity contribution in [2.45, 2.75) is 11.8 Å². The second kappa shape index (κ2) is 4.23. The van der Waals surface area contributed by atoms with Gasteiger partial charge in [0, 0.05) is 17.4 Å². The number of hydrogen-bond acceptors (Lipinski definition) is 1. The average Bonchev–Trinajstić information content (AvgIpc) is 2.60. The molecule has 106 valence electrons. The van der Waals surface area contributed by atoms with E-state index >= 15 is 0 Å². The van der Waals surface area contributed by atoms with Crippen LogP contribution in [0.5, 0.6) is 5.75 Å². The van der Waals surface area contributed by atoms with Gasteiger partial charge >= 0.3 is 0 Å². The minimum absolute atomic E-state index is 0.295. The first-order valence-corrected chi connectivity index (χ1v) is 7.74. The van der Waals surface area contributed by atoms with Gasteiger partial charge in [-0.15, -0.1) is 0 Å². The quantitative estimate of drug-likeness (QED) is 0.434. The summed E-state index contributed by atoms with van der Waals surface area (Å²) < 4.78 is 5.70. The van der Waals surface area contributed by atoms with Crippen LogP contribution in [0.2, 0.25) is 0 Å². The molecule has 1 nitrogen and oxygen atoms in total. The van der Waals surface area contributed by atoms with Crippen molar-refractivity contribution in [1.82, 2.24) is 0 Å². The molecular weight excluding hydrogens is 268 g/mol. The van der Waals surface area contributed by atoms with Crippen LogP contribution in [-0.4, -0.2) is 7.11 Å². The first kappa shape index (κ1) is 12.0. The van der Waals surface area contributed by atoms with Gasteiger partial charge in [-0.25, -0.2) is 0 Å². The SMILES string of the molecule is COc1cccc2c1C1c3ccccc3C2c2ccccc21. The van der Waals surface area contributed by atoms with E-state index in [1.54, 1.807) is 7.11 Å². The predicted molar refractivity (Wildman–Crippen MR) is 87.8 cm³/mol. The molecule has 0 aromatic heterocycles. The third kappa shape index (κ3) is 1.34. The van der Waals surface area contributed by atoms with E-state index in [0.29, 0.717) is 11.8 Å². The van der Waals surface area contributed by atoms with Gasteiger partial charge < -0.3 is 4.74 Å². The fraction of sp³-hybridized carbons (Fsp3) is 0.143. The maximum Gasteiger partial charge on any atom is 0.123 e. The van der Waals surface area contributed by atoms with Crippen molar-refractivity contribution in [3.05, 3.63) is 100 Å². The fourth-order valence-electron chi connectivity index (χ4n) is 4.35. The maximum absolute atomic E-state index is 5.70. The van der Waals surface area contributed by atoms with Gasteiger partial charge in [0.2, 0.25) is 0 Å². The first-order valence-electron chi connectivity index (χ1n) is 7.74. The van der Waals surface area contributed by atoms with Crippen molar-refractivity contribution in [2.75, 3.05) is 7.11 Å². The Balaban J connectivity index is 1.92. The number of methoxy groups -OCH3 is 1. The Hall–Kier alpha value is -2.54. The van der Waals surface area contributed by atoms with Gasteiger partial charge in [0.15, 0.2) is 0 Å². The zero-order chi connectivity index (χ0) is 14.7. The molecule has 3 aromatic carbocycles. The predicted octanol–water partition coefficient (Wildman–Crippen LogP) is 4.68. The lowest BCUT2D eigenvalue weighted by Crippen LogP contribution is -2.27. The third-order valence-electron chi connectivity index (χ3n) is 5.16. The van der Waals surface area contributed by atoms with Crippen molar-refractivity contribution < 1.29 is 4.74 Å². The van der Waals surface area contributed by atoms with Crippen LogP contribution in [0.3, 0.4) is 0 Å². The van der Waals surface area contributed by atoms with Crippen LogP contribution >= 0.6 is 0 Å². The summed E-state index contributed by atoms with van der Waals surface area (Å²) in [6.45, 7) is 0. The molecule has 0 spiro atoms. The van der Waals surface area contributed by atoms with E-state index in [1.165, 1.54) is 33.4 Å². The highest BCUT2D eigenvalue weighted by atomic mass is 16.5. The molecule has 3 aromatic rings. The second-order valence-corrected chi connectivity index (χ2v) is 6.09. The summed E-state index contributed by atoms with van der Waals surface area (Å²) in [6.07, 6.45) is 0. The molecule has 3 aliphatic rings. The standard InChI is InChI=1S/C21H16O/c1-22-18-12-6-11-17-19-13-7-2-4-9-15(13)20(21(17)18)16-10-5-3-8-14(16)19/h2-12,19-20H,1H3. The fourth-order valence-corrected chi connectivity index (χ4v) is 4.35. The van der Waals surface area contributed by atoms with Gasteiger partial charge in [0.25, 0.3) is 0 Å². The lowest BCUT2D eigenvalue weighted by atomic mass is 9.61. The van der Waals surface area contributed by atoms with E-state index in [1.807, 2.05) is 0 Å². The number of benzene rings is 3. The molecule has 0 radical (unpaired) electrons. The van der Waals surface area contributed by atoms with Crippen molar-refractivity contribution in [3.8, 4) is 5.75 Å². The molecule has 0 saturated carbocycles. The Morgan fingerprint density at radius 2 is 1.09 bits per heavy atom. The molecule has 0 saturated heterocycles. The van der Waals surface area contributed by atoms with Gasteiger partial charge in [-0.2, -0.15) is 0 Å². The van der Waals surface area contributed by atoms with E-state index in [-0.39, 0.29) is 0 Å². The topological polar surface area (TPSA) is 9.23 Å². The first-order chi connectivity index (χ1) is 10.9. The summed E-state index contributed by atoms with van der Waals surface area (Å²) in [6, 6.07) is 24.2. The van der Waals surface area contributed by atoms with Gasteiger partial charge in [0.05, 0.1) is 7.11 Å². The van der Waals surface area contributed by atoms with Crippen LogP contribution in [0.15, 0.2) is 66.7 Å². The Bertz CT molecular complexity index is 846. The molecule has 0 aliphatic heterocycles. The van der Waals surface area contributed by atoms with Gasteiger partial charge in [0.1, 0.15) is 5.75 Å². The summed E-state index contributed by atoms with van der Waals surface area (Å²) in [5.41, 5.74) is 8.53. The van der Waals surface area contributed by atoms with Crippen molar-refractivity contribution in [1.29, 1.82) is 0 Å². The number of hydrogen-bond donors (Lipinski definition) is 0. The highest BCUT2D eigenvalue weighted by Gasteiger charge is 2.42. The van der Waals surface area contributed by atoms with E-state index in [2.05, 4.69) is 66.7 Å².